The monoisotopic (exact) mass is 179 g/mol. The van der Waals surface area contributed by atoms with Gasteiger partial charge in [0.2, 0.25) is 0 Å². The fourth-order valence-electron chi connectivity index (χ4n) is 0.949. The number of rotatable bonds is 4. The van der Waals surface area contributed by atoms with Crippen molar-refractivity contribution in [3.8, 4) is 5.75 Å². The average molecular weight is 179 g/mol. The average Bonchev–Trinajstić information content (AvgIpc) is 2.15. The van der Waals surface area contributed by atoms with Crippen molar-refractivity contribution in [3.63, 3.8) is 0 Å². The van der Waals surface area contributed by atoms with Crippen molar-refractivity contribution in [3.05, 3.63) is 24.0 Å². The highest BCUT2D eigenvalue weighted by Crippen LogP contribution is 2.14. The highest BCUT2D eigenvalue weighted by atomic mass is 16.5. The van der Waals surface area contributed by atoms with Crippen molar-refractivity contribution in [1.82, 2.24) is 4.98 Å². The molecule has 0 saturated carbocycles. The van der Waals surface area contributed by atoms with Gasteiger partial charge in [0, 0.05) is 5.69 Å². The van der Waals surface area contributed by atoms with Gasteiger partial charge in [-0.2, -0.15) is 0 Å². The van der Waals surface area contributed by atoms with E-state index in [0.29, 0.717) is 11.7 Å². The van der Waals surface area contributed by atoms with Crippen molar-refractivity contribution in [2.45, 2.75) is 19.8 Å². The van der Waals surface area contributed by atoms with E-state index < -0.39 is 0 Å². The molecule has 1 aromatic rings. The Hall–Kier alpha value is -1.38. The number of pyridine rings is 1. The molecule has 70 valence electrons. The fraction of sp³-hybridized carbons (Fsp3) is 0.400. The quantitative estimate of drug-likeness (QED) is 0.661. The molecule has 0 radical (unpaired) electrons. The fourth-order valence-corrected chi connectivity index (χ4v) is 0.949. The van der Waals surface area contributed by atoms with E-state index in [1.807, 2.05) is 12.1 Å². The van der Waals surface area contributed by atoms with E-state index in [2.05, 4.69) is 18.8 Å². The summed E-state index contributed by atoms with van der Waals surface area (Å²) in [6.07, 6.45) is 2.36. The number of hydrogen-bond donors (Lipinski definition) is 0. The minimum Gasteiger partial charge on any atom is -0.485 e. The zero-order valence-corrected chi connectivity index (χ0v) is 7.86. The van der Waals surface area contributed by atoms with Gasteiger partial charge in [-0.3, -0.25) is 9.78 Å². The molecule has 0 spiro atoms. The Labute approximate surface area is 77.8 Å². The summed E-state index contributed by atoms with van der Waals surface area (Å²) in [5.74, 6) is 1.05. The van der Waals surface area contributed by atoms with Crippen molar-refractivity contribution in [2.75, 3.05) is 6.61 Å². The standard InChI is InChI=1S/C10H13NO2/c1-8(2)10-4-3-9(7-11-10)13-6-5-12/h3-5,7-8H,6H2,1-2H3. The lowest BCUT2D eigenvalue weighted by Crippen LogP contribution is -1.99. The summed E-state index contributed by atoms with van der Waals surface area (Å²) in [6.45, 7) is 4.24. The molecule has 1 rings (SSSR count). The molecule has 0 N–H and O–H groups in total. The molecule has 0 unspecified atom stereocenters. The van der Waals surface area contributed by atoms with Gasteiger partial charge in [0.05, 0.1) is 6.20 Å². The molecule has 0 aromatic carbocycles. The lowest BCUT2D eigenvalue weighted by molar-refractivity contribution is -0.109. The van der Waals surface area contributed by atoms with Crippen LogP contribution in [0.3, 0.4) is 0 Å². The minimum absolute atomic E-state index is 0.0860. The van der Waals surface area contributed by atoms with Crippen LogP contribution in [0.1, 0.15) is 25.5 Å². The second-order valence-corrected chi connectivity index (χ2v) is 3.05. The first-order chi connectivity index (χ1) is 6.24. The smallest absolute Gasteiger partial charge is 0.157 e. The SMILES string of the molecule is CC(C)c1ccc(OCC=O)cn1. The lowest BCUT2D eigenvalue weighted by Gasteiger charge is -2.05. The third-order valence-corrected chi connectivity index (χ3v) is 1.67. The van der Waals surface area contributed by atoms with Crippen LogP contribution in [-0.4, -0.2) is 17.9 Å². The molecule has 3 nitrogen and oxygen atoms in total. The number of aromatic nitrogens is 1. The Morgan fingerprint density at radius 2 is 2.31 bits per heavy atom. The van der Waals surface area contributed by atoms with Crippen LogP contribution in [0.15, 0.2) is 18.3 Å². The number of aldehydes is 1. The van der Waals surface area contributed by atoms with E-state index >= 15 is 0 Å². The van der Waals surface area contributed by atoms with Crippen LogP contribution in [-0.2, 0) is 4.79 Å². The second-order valence-electron chi connectivity index (χ2n) is 3.05. The molecule has 0 fully saturated rings. The molecule has 0 saturated heterocycles. The maximum absolute atomic E-state index is 10.0. The first kappa shape index (κ1) is 9.71. The van der Waals surface area contributed by atoms with Crippen molar-refractivity contribution < 1.29 is 9.53 Å². The number of hydrogen-bond acceptors (Lipinski definition) is 3. The molecule has 0 atom stereocenters. The summed E-state index contributed by atoms with van der Waals surface area (Å²) in [7, 11) is 0. The van der Waals surface area contributed by atoms with Crippen LogP contribution in [0.2, 0.25) is 0 Å². The summed E-state index contributed by atoms with van der Waals surface area (Å²) >= 11 is 0. The Kier molecular flexibility index (Phi) is 3.43. The lowest BCUT2D eigenvalue weighted by atomic mass is 10.1. The van der Waals surface area contributed by atoms with Gasteiger partial charge in [-0.1, -0.05) is 13.8 Å². The van der Waals surface area contributed by atoms with Gasteiger partial charge < -0.3 is 4.74 Å². The Morgan fingerprint density at radius 1 is 1.54 bits per heavy atom. The molecule has 0 amide bonds. The van der Waals surface area contributed by atoms with Gasteiger partial charge in [0.15, 0.2) is 6.29 Å². The number of ether oxygens (including phenoxy) is 1. The summed E-state index contributed by atoms with van der Waals surface area (Å²) in [5, 5.41) is 0. The Morgan fingerprint density at radius 3 is 2.77 bits per heavy atom. The number of carbonyl (C=O) groups excluding carboxylic acids is 1. The first-order valence-electron chi connectivity index (χ1n) is 4.26. The van der Waals surface area contributed by atoms with Crippen molar-refractivity contribution in [2.24, 2.45) is 0 Å². The second kappa shape index (κ2) is 4.60. The van der Waals surface area contributed by atoms with E-state index in [4.69, 9.17) is 4.74 Å². The van der Waals surface area contributed by atoms with Crippen LogP contribution >= 0.6 is 0 Å². The third-order valence-electron chi connectivity index (χ3n) is 1.67. The van der Waals surface area contributed by atoms with Crippen LogP contribution in [0.5, 0.6) is 5.75 Å². The predicted octanol–water partition coefficient (Wildman–Crippen LogP) is 1.78. The molecule has 13 heavy (non-hydrogen) atoms. The molecule has 0 bridgehead atoms. The molecular weight excluding hydrogens is 166 g/mol. The summed E-state index contributed by atoms with van der Waals surface area (Å²) in [6, 6.07) is 3.73. The van der Waals surface area contributed by atoms with E-state index in [0.717, 1.165) is 12.0 Å². The van der Waals surface area contributed by atoms with Gasteiger partial charge >= 0.3 is 0 Å². The van der Waals surface area contributed by atoms with Crippen molar-refractivity contribution in [1.29, 1.82) is 0 Å². The molecule has 3 heteroatoms. The highest BCUT2D eigenvalue weighted by molar-refractivity contribution is 5.51. The van der Waals surface area contributed by atoms with Crippen LogP contribution in [0.25, 0.3) is 0 Å². The number of carbonyl (C=O) groups is 1. The molecular formula is C10H13NO2. The van der Waals surface area contributed by atoms with Crippen LogP contribution in [0.4, 0.5) is 0 Å². The van der Waals surface area contributed by atoms with E-state index in [1.165, 1.54) is 0 Å². The van der Waals surface area contributed by atoms with Gasteiger partial charge in [-0.15, -0.1) is 0 Å². The van der Waals surface area contributed by atoms with E-state index in [1.54, 1.807) is 6.20 Å². The zero-order valence-electron chi connectivity index (χ0n) is 7.86. The van der Waals surface area contributed by atoms with Crippen LogP contribution in [0, 0.1) is 0 Å². The van der Waals surface area contributed by atoms with E-state index in [-0.39, 0.29) is 6.61 Å². The topological polar surface area (TPSA) is 39.2 Å². The third kappa shape index (κ3) is 2.86. The summed E-state index contributed by atoms with van der Waals surface area (Å²) < 4.78 is 5.06. The van der Waals surface area contributed by atoms with Crippen molar-refractivity contribution >= 4 is 6.29 Å². The molecule has 0 aliphatic heterocycles. The Balaban J connectivity index is 2.64. The van der Waals surface area contributed by atoms with Gasteiger partial charge in [-0.05, 0) is 18.1 Å². The van der Waals surface area contributed by atoms with Gasteiger partial charge in [0.25, 0.3) is 0 Å². The van der Waals surface area contributed by atoms with E-state index in [9.17, 15) is 4.79 Å². The maximum atomic E-state index is 10.0. The minimum atomic E-state index is 0.0860. The maximum Gasteiger partial charge on any atom is 0.157 e. The summed E-state index contributed by atoms with van der Waals surface area (Å²) in [4.78, 5) is 14.2. The molecule has 1 aromatic heterocycles. The normalized spacial score (nSPS) is 10.1. The number of nitrogens with zero attached hydrogens (tertiary/aromatic N) is 1. The largest absolute Gasteiger partial charge is 0.485 e. The van der Waals surface area contributed by atoms with Gasteiger partial charge in [0.1, 0.15) is 12.4 Å². The predicted molar refractivity (Wildman–Crippen MR) is 49.9 cm³/mol. The summed E-state index contributed by atoms with van der Waals surface area (Å²) in [5.41, 5.74) is 1.03. The zero-order chi connectivity index (χ0) is 9.68. The highest BCUT2D eigenvalue weighted by Gasteiger charge is 2.00. The first-order valence-corrected chi connectivity index (χ1v) is 4.26. The van der Waals surface area contributed by atoms with Gasteiger partial charge in [-0.25, -0.2) is 0 Å². The Bertz CT molecular complexity index is 267. The molecule has 1 heterocycles. The van der Waals surface area contributed by atoms with Crippen LogP contribution < -0.4 is 4.74 Å². The molecule has 0 aliphatic rings. The molecule has 0 aliphatic carbocycles.